The number of nitrogens with zero attached hydrogens (tertiary/aromatic N) is 4. The first kappa shape index (κ1) is 15.4. The summed E-state index contributed by atoms with van der Waals surface area (Å²) in [7, 11) is 5.76. The van der Waals surface area contributed by atoms with Crippen LogP contribution in [0.1, 0.15) is 24.3 Å². The van der Waals surface area contributed by atoms with Gasteiger partial charge in [-0.25, -0.2) is 9.97 Å². The van der Waals surface area contributed by atoms with E-state index in [1.54, 1.807) is 13.2 Å². The van der Waals surface area contributed by atoms with Gasteiger partial charge in [0.1, 0.15) is 11.5 Å². The van der Waals surface area contributed by atoms with Gasteiger partial charge in [-0.15, -0.1) is 0 Å². The molecule has 1 atom stereocenters. The molecular formula is C13H23N5O. The molecule has 1 aromatic heterocycles. The van der Waals surface area contributed by atoms with Gasteiger partial charge in [0.05, 0.1) is 12.4 Å². The van der Waals surface area contributed by atoms with Crippen molar-refractivity contribution in [2.24, 2.45) is 0 Å². The summed E-state index contributed by atoms with van der Waals surface area (Å²) in [5, 5.41) is 2.88. The molecule has 1 amide bonds. The van der Waals surface area contributed by atoms with E-state index in [0.29, 0.717) is 18.1 Å². The Morgan fingerprint density at radius 3 is 2.47 bits per heavy atom. The molecule has 6 heteroatoms. The Kier molecular flexibility index (Phi) is 5.69. The van der Waals surface area contributed by atoms with Crippen molar-refractivity contribution >= 4 is 11.7 Å². The number of amides is 1. The molecule has 19 heavy (non-hydrogen) atoms. The van der Waals surface area contributed by atoms with Gasteiger partial charge >= 0.3 is 0 Å². The fraction of sp³-hybridized carbons (Fsp3) is 0.615. The normalized spacial score (nSPS) is 12.3. The third kappa shape index (κ3) is 4.17. The number of nitrogens with one attached hydrogen (secondary N) is 1. The lowest BCUT2D eigenvalue weighted by atomic mass is 10.2. The highest BCUT2D eigenvalue weighted by Crippen LogP contribution is 2.08. The number of rotatable bonds is 6. The van der Waals surface area contributed by atoms with E-state index in [0.717, 1.165) is 6.54 Å². The minimum atomic E-state index is -0.0768. The summed E-state index contributed by atoms with van der Waals surface area (Å²) in [6, 6.07) is 0.137. The van der Waals surface area contributed by atoms with Crippen LogP contribution in [0, 0.1) is 0 Å². The highest BCUT2D eigenvalue weighted by Gasteiger charge is 2.21. The number of carbonyl (C=O) groups excluding carboxylic acids is 1. The van der Waals surface area contributed by atoms with Gasteiger partial charge < -0.3 is 15.1 Å². The number of aromatic nitrogens is 2. The highest BCUT2D eigenvalue weighted by molar-refractivity contribution is 5.92. The van der Waals surface area contributed by atoms with Crippen LogP contribution in [0.25, 0.3) is 0 Å². The molecule has 0 saturated heterocycles. The quantitative estimate of drug-likeness (QED) is 0.829. The zero-order chi connectivity index (χ0) is 14.4. The summed E-state index contributed by atoms with van der Waals surface area (Å²) in [5.41, 5.74) is 0.381. The standard InChI is InChI=1S/C13H23N5O/c1-6-18(10(2)9-17(4)5)13(19)11-7-16-12(14-3)8-15-11/h7-8,10H,6,9H2,1-5H3,(H,14,16). The van der Waals surface area contributed by atoms with Gasteiger partial charge in [0.15, 0.2) is 0 Å². The molecule has 0 aliphatic carbocycles. The highest BCUT2D eigenvalue weighted by atomic mass is 16.2. The molecule has 1 aromatic rings. The molecule has 6 nitrogen and oxygen atoms in total. The van der Waals surface area contributed by atoms with E-state index in [1.165, 1.54) is 6.20 Å². The SMILES string of the molecule is CCN(C(=O)c1cnc(NC)cn1)C(C)CN(C)C. The minimum Gasteiger partial charge on any atom is -0.372 e. The van der Waals surface area contributed by atoms with Crippen molar-refractivity contribution in [1.29, 1.82) is 0 Å². The Labute approximate surface area is 114 Å². The van der Waals surface area contributed by atoms with Crippen molar-refractivity contribution in [3.05, 3.63) is 18.1 Å². The van der Waals surface area contributed by atoms with Crippen LogP contribution in [0.3, 0.4) is 0 Å². The molecule has 0 radical (unpaired) electrons. The lowest BCUT2D eigenvalue weighted by molar-refractivity contribution is 0.0672. The number of hydrogen-bond donors (Lipinski definition) is 1. The van der Waals surface area contributed by atoms with Crippen LogP contribution in [0.4, 0.5) is 5.82 Å². The lowest BCUT2D eigenvalue weighted by Crippen LogP contribution is -2.44. The molecule has 0 spiro atoms. The average molecular weight is 265 g/mol. The maximum atomic E-state index is 12.4. The molecule has 0 aliphatic heterocycles. The van der Waals surface area contributed by atoms with Crippen LogP contribution in [0.5, 0.6) is 0 Å². The van der Waals surface area contributed by atoms with Gasteiger partial charge in [0.25, 0.3) is 5.91 Å². The molecule has 0 aliphatic rings. The van der Waals surface area contributed by atoms with Gasteiger partial charge in [0, 0.05) is 26.2 Å². The minimum absolute atomic E-state index is 0.0768. The molecule has 0 saturated carbocycles. The van der Waals surface area contributed by atoms with Crippen molar-refractivity contribution in [1.82, 2.24) is 19.8 Å². The van der Waals surface area contributed by atoms with E-state index in [9.17, 15) is 4.79 Å². The number of likely N-dealkylation sites (N-methyl/N-ethyl adjacent to an activating group) is 2. The average Bonchev–Trinajstić information content (AvgIpc) is 2.38. The van der Waals surface area contributed by atoms with Crippen LogP contribution in [-0.2, 0) is 0 Å². The van der Waals surface area contributed by atoms with Gasteiger partial charge in [-0.3, -0.25) is 4.79 Å². The van der Waals surface area contributed by atoms with Crippen molar-refractivity contribution in [3.63, 3.8) is 0 Å². The Morgan fingerprint density at radius 2 is 2.05 bits per heavy atom. The Hall–Kier alpha value is -1.69. The summed E-state index contributed by atoms with van der Waals surface area (Å²) in [4.78, 5) is 24.5. The van der Waals surface area contributed by atoms with E-state index in [2.05, 4.69) is 20.2 Å². The second kappa shape index (κ2) is 7.04. The summed E-state index contributed by atoms with van der Waals surface area (Å²) in [5.74, 6) is 0.577. The van der Waals surface area contributed by atoms with Gasteiger partial charge in [-0.1, -0.05) is 0 Å². The largest absolute Gasteiger partial charge is 0.372 e. The molecular weight excluding hydrogens is 242 g/mol. The van der Waals surface area contributed by atoms with Crippen LogP contribution < -0.4 is 5.32 Å². The van der Waals surface area contributed by atoms with Gasteiger partial charge in [-0.2, -0.15) is 0 Å². The summed E-state index contributed by atoms with van der Waals surface area (Å²) in [6.07, 6.45) is 3.08. The van der Waals surface area contributed by atoms with Gasteiger partial charge in [0.2, 0.25) is 0 Å². The topological polar surface area (TPSA) is 61.4 Å². The molecule has 106 valence electrons. The van der Waals surface area contributed by atoms with Gasteiger partial charge in [-0.05, 0) is 27.9 Å². The van der Waals surface area contributed by atoms with E-state index < -0.39 is 0 Å². The maximum Gasteiger partial charge on any atom is 0.274 e. The lowest BCUT2D eigenvalue weighted by Gasteiger charge is -2.29. The maximum absolute atomic E-state index is 12.4. The molecule has 1 heterocycles. The summed E-state index contributed by atoms with van der Waals surface area (Å²) in [6.45, 7) is 5.49. The van der Waals surface area contributed by atoms with Crippen molar-refractivity contribution in [2.45, 2.75) is 19.9 Å². The van der Waals surface area contributed by atoms with Crippen molar-refractivity contribution in [2.75, 3.05) is 39.5 Å². The van der Waals surface area contributed by atoms with Crippen LogP contribution in [0.2, 0.25) is 0 Å². The fourth-order valence-corrected chi connectivity index (χ4v) is 2.00. The molecule has 0 fully saturated rings. The molecule has 0 aromatic carbocycles. The van der Waals surface area contributed by atoms with Crippen LogP contribution in [0.15, 0.2) is 12.4 Å². The summed E-state index contributed by atoms with van der Waals surface area (Å²) < 4.78 is 0. The molecule has 1 rings (SSSR count). The Balaban J connectivity index is 2.82. The zero-order valence-corrected chi connectivity index (χ0v) is 12.3. The predicted molar refractivity (Wildman–Crippen MR) is 76.3 cm³/mol. The first-order valence-electron chi connectivity index (χ1n) is 6.45. The second-order valence-corrected chi connectivity index (χ2v) is 4.74. The monoisotopic (exact) mass is 265 g/mol. The predicted octanol–water partition coefficient (Wildman–Crippen LogP) is 0.930. The first-order chi connectivity index (χ1) is 8.99. The molecule has 1 unspecified atom stereocenters. The third-order valence-electron chi connectivity index (χ3n) is 2.89. The van der Waals surface area contributed by atoms with E-state index in [1.807, 2.05) is 32.8 Å². The molecule has 0 bridgehead atoms. The number of carbonyl (C=O) groups is 1. The zero-order valence-electron chi connectivity index (χ0n) is 12.3. The van der Waals surface area contributed by atoms with Crippen molar-refractivity contribution < 1.29 is 4.79 Å². The van der Waals surface area contributed by atoms with E-state index in [4.69, 9.17) is 0 Å². The Morgan fingerprint density at radius 1 is 1.37 bits per heavy atom. The number of hydrogen-bond acceptors (Lipinski definition) is 5. The third-order valence-corrected chi connectivity index (χ3v) is 2.89. The first-order valence-corrected chi connectivity index (χ1v) is 6.45. The van der Waals surface area contributed by atoms with Crippen molar-refractivity contribution in [3.8, 4) is 0 Å². The van der Waals surface area contributed by atoms with Crippen LogP contribution >= 0.6 is 0 Å². The summed E-state index contributed by atoms with van der Waals surface area (Å²) >= 11 is 0. The van der Waals surface area contributed by atoms with Crippen LogP contribution in [-0.4, -0.2) is 65.9 Å². The smallest absolute Gasteiger partial charge is 0.274 e. The van der Waals surface area contributed by atoms with E-state index >= 15 is 0 Å². The Bertz CT molecular complexity index is 404. The molecule has 1 N–H and O–H groups in total. The fourth-order valence-electron chi connectivity index (χ4n) is 2.00. The number of anilines is 1. The van der Waals surface area contributed by atoms with E-state index in [-0.39, 0.29) is 11.9 Å². The second-order valence-electron chi connectivity index (χ2n) is 4.74.